The number of piperidine rings is 1. The molecule has 0 spiro atoms. The van der Waals surface area contributed by atoms with Gasteiger partial charge in [0, 0.05) is 24.6 Å². The van der Waals surface area contributed by atoms with Crippen molar-refractivity contribution in [3.05, 3.63) is 23.8 Å². The highest BCUT2D eigenvalue weighted by Gasteiger charge is 2.32. The fourth-order valence-corrected chi connectivity index (χ4v) is 3.53. The van der Waals surface area contributed by atoms with Crippen LogP contribution in [0.1, 0.15) is 43.5 Å². The first-order valence-corrected chi connectivity index (χ1v) is 9.91. The van der Waals surface area contributed by atoms with Gasteiger partial charge in [-0.15, -0.1) is 0 Å². The summed E-state index contributed by atoms with van der Waals surface area (Å²) in [6, 6.07) is 5.44. The van der Waals surface area contributed by atoms with E-state index < -0.39 is 0 Å². The number of ether oxygens (including phenoxy) is 4. The van der Waals surface area contributed by atoms with E-state index in [0.717, 1.165) is 32.4 Å². The van der Waals surface area contributed by atoms with Gasteiger partial charge < -0.3 is 23.8 Å². The molecule has 0 saturated carbocycles. The zero-order valence-electron chi connectivity index (χ0n) is 16.6. The fourth-order valence-electron chi connectivity index (χ4n) is 3.53. The van der Waals surface area contributed by atoms with Crippen LogP contribution in [0, 0.1) is 11.8 Å². The van der Waals surface area contributed by atoms with Crippen LogP contribution in [-0.2, 0) is 9.47 Å². The Morgan fingerprint density at radius 2 is 1.89 bits per heavy atom. The predicted molar refractivity (Wildman–Crippen MR) is 102 cm³/mol. The Bertz CT molecular complexity index is 619. The molecule has 2 saturated heterocycles. The van der Waals surface area contributed by atoms with Crippen molar-refractivity contribution in [2.75, 3.05) is 40.0 Å². The number of rotatable bonds is 7. The van der Waals surface area contributed by atoms with Crippen LogP contribution in [0.15, 0.2) is 18.2 Å². The lowest BCUT2D eigenvalue weighted by atomic mass is 9.95. The van der Waals surface area contributed by atoms with Crippen molar-refractivity contribution in [1.82, 2.24) is 4.90 Å². The topological polar surface area (TPSA) is 57.2 Å². The maximum atomic E-state index is 12.9. The lowest BCUT2D eigenvalue weighted by Gasteiger charge is -2.34. The van der Waals surface area contributed by atoms with Crippen molar-refractivity contribution in [1.29, 1.82) is 0 Å². The Morgan fingerprint density at radius 1 is 1.19 bits per heavy atom. The van der Waals surface area contributed by atoms with Crippen molar-refractivity contribution in [2.24, 2.45) is 11.8 Å². The number of hydrogen-bond acceptors (Lipinski definition) is 5. The first kappa shape index (κ1) is 20.0. The van der Waals surface area contributed by atoms with Crippen molar-refractivity contribution < 1.29 is 23.7 Å². The summed E-state index contributed by atoms with van der Waals surface area (Å²) in [4.78, 5) is 14.8. The van der Waals surface area contributed by atoms with Gasteiger partial charge >= 0.3 is 0 Å². The summed E-state index contributed by atoms with van der Waals surface area (Å²) in [6.45, 7) is 7.76. The molecule has 1 aromatic rings. The number of hydrogen-bond donors (Lipinski definition) is 0. The molecule has 2 fully saturated rings. The summed E-state index contributed by atoms with van der Waals surface area (Å²) in [5.74, 6) is 2.28. The maximum Gasteiger partial charge on any atom is 0.253 e. The minimum Gasteiger partial charge on any atom is -0.493 e. The molecule has 0 atom stereocenters. The minimum atomic E-state index is -0.0929. The molecular weight excluding hydrogens is 346 g/mol. The molecule has 3 rings (SSSR count). The summed E-state index contributed by atoms with van der Waals surface area (Å²) in [6.07, 6.45) is 2.70. The Kier molecular flexibility index (Phi) is 6.96. The van der Waals surface area contributed by atoms with Gasteiger partial charge in [-0.05, 0) is 43.4 Å². The third-order valence-corrected chi connectivity index (χ3v) is 5.22. The normalized spacial score (nSPS) is 18.9. The summed E-state index contributed by atoms with van der Waals surface area (Å²) in [7, 11) is 1.60. The first-order chi connectivity index (χ1) is 13.1. The summed E-state index contributed by atoms with van der Waals surface area (Å²) in [5, 5.41) is 0. The van der Waals surface area contributed by atoms with Gasteiger partial charge in [0.25, 0.3) is 5.91 Å². The van der Waals surface area contributed by atoms with Gasteiger partial charge in [-0.3, -0.25) is 4.79 Å². The molecule has 2 aliphatic heterocycles. The Hall–Kier alpha value is -1.79. The van der Waals surface area contributed by atoms with Crippen LogP contribution in [0.2, 0.25) is 0 Å². The molecule has 0 N–H and O–H groups in total. The lowest BCUT2D eigenvalue weighted by Crippen LogP contribution is -2.41. The van der Waals surface area contributed by atoms with Crippen LogP contribution in [0.25, 0.3) is 0 Å². The number of amides is 1. The third kappa shape index (κ3) is 5.14. The predicted octanol–water partition coefficient (Wildman–Crippen LogP) is 3.35. The van der Waals surface area contributed by atoms with Gasteiger partial charge in [0.1, 0.15) is 0 Å². The van der Waals surface area contributed by atoms with Gasteiger partial charge in [0.15, 0.2) is 17.8 Å². The number of carbonyl (C=O) groups excluding carboxylic acids is 1. The second kappa shape index (κ2) is 9.42. The summed E-state index contributed by atoms with van der Waals surface area (Å²) in [5.41, 5.74) is 0.634. The van der Waals surface area contributed by atoms with Crippen LogP contribution < -0.4 is 9.47 Å². The SMILES string of the molecule is COc1cc(C(=O)N2CCC(C3OCCO3)CC2)ccc1OCCC(C)C. The van der Waals surface area contributed by atoms with Crippen LogP contribution in [0.5, 0.6) is 11.5 Å². The van der Waals surface area contributed by atoms with E-state index in [1.54, 1.807) is 13.2 Å². The van der Waals surface area contributed by atoms with Crippen LogP contribution in [0.3, 0.4) is 0 Å². The number of nitrogens with zero attached hydrogens (tertiary/aromatic N) is 1. The monoisotopic (exact) mass is 377 g/mol. The standard InChI is InChI=1S/C21H31NO5/c1-15(2)8-11-25-18-5-4-17(14-19(18)24-3)20(23)22-9-6-16(7-10-22)21-26-12-13-27-21/h4-5,14-16,21H,6-13H2,1-3H3. The van der Waals surface area contributed by atoms with E-state index in [9.17, 15) is 4.79 Å². The smallest absolute Gasteiger partial charge is 0.253 e. The Morgan fingerprint density at radius 3 is 2.52 bits per heavy atom. The average molecular weight is 377 g/mol. The van der Waals surface area contributed by atoms with E-state index in [0.29, 0.717) is 48.7 Å². The van der Waals surface area contributed by atoms with Gasteiger partial charge in [0.05, 0.1) is 26.9 Å². The molecule has 2 aliphatic rings. The third-order valence-electron chi connectivity index (χ3n) is 5.22. The Balaban J connectivity index is 1.58. The highest BCUT2D eigenvalue weighted by molar-refractivity contribution is 5.95. The lowest BCUT2D eigenvalue weighted by molar-refractivity contribution is -0.0956. The van der Waals surface area contributed by atoms with Crippen molar-refractivity contribution in [2.45, 2.75) is 39.4 Å². The van der Waals surface area contributed by atoms with Crippen molar-refractivity contribution in [3.63, 3.8) is 0 Å². The molecule has 6 heteroatoms. The van der Waals surface area contributed by atoms with Crippen LogP contribution in [-0.4, -0.2) is 57.1 Å². The summed E-state index contributed by atoms with van der Waals surface area (Å²) < 4.78 is 22.5. The Labute approximate surface area is 161 Å². The van der Waals surface area contributed by atoms with E-state index in [4.69, 9.17) is 18.9 Å². The molecule has 0 unspecified atom stereocenters. The summed E-state index contributed by atoms with van der Waals surface area (Å²) >= 11 is 0. The first-order valence-electron chi connectivity index (χ1n) is 9.91. The van der Waals surface area contributed by atoms with E-state index in [1.165, 1.54) is 0 Å². The molecule has 0 aliphatic carbocycles. The molecule has 0 aromatic heterocycles. The minimum absolute atomic E-state index is 0.0359. The molecule has 27 heavy (non-hydrogen) atoms. The van der Waals surface area contributed by atoms with Crippen LogP contribution >= 0.6 is 0 Å². The second-order valence-corrected chi connectivity index (χ2v) is 7.64. The van der Waals surface area contributed by atoms with Crippen molar-refractivity contribution >= 4 is 5.91 Å². The molecule has 0 radical (unpaired) electrons. The fraction of sp³-hybridized carbons (Fsp3) is 0.667. The molecule has 0 bridgehead atoms. The number of benzene rings is 1. The molecule has 6 nitrogen and oxygen atoms in total. The van der Waals surface area contributed by atoms with Gasteiger partial charge in [-0.1, -0.05) is 13.8 Å². The second-order valence-electron chi connectivity index (χ2n) is 7.64. The average Bonchev–Trinajstić information content (AvgIpc) is 3.22. The number of carbonyl (C=O) groups is 1. The van der Waals surface area contributed by atoms with Gasteiger partial charge in [-0.2, -0.15) is 0 Å². The highest BCUT2D eigenvalue weighted by Crippen LogP contribution is 2.30. The molecule has 150 valence electrons. The van der Waals surface area contributed by atoms with E-state index in [1.807, 2.05) is 17.0 Å². The van der Waals surface area contributed by atoms with Crippen molar-refractivity contribution in [3.8, 4) is 11.5 Å². The molecule has 1 aromatic carbocycles. The zero-order chi connectivity index (χ0) is 19.2. The highest BCUT2D eigenvalue weighted by atomic mass is 16.7. The molecule has 2 heterocycles. The van der Waals surface area contributed by atoms with E-state index in [-0.39, 0.29) is 12.2 Å². The number of methoxy groups -OCH3 is 1. The zero-order valence-corrected chi connectivity index (χ0v) is 16.6. The number of likely N-dealkylation sites (tertiary alicyclic amines) is 1. The van der Waals surface area contributed by atoms with E-state index in [2.05, 4.69) is 13.8 Å². The van der Waals surface area contributed by atoms with Crippen LogP contribution in [0.4, 0.5) is 0 Å². The maximum absolute atomic E-state index is 12.9. The van der Waals surface area contributed by atoms with E-state index >= 15 is 0 Å². The van der Waals surface area contributed by atoms with Gasteiger partial charge in [0.2, 0.25) is 0 Å². The van der Waals surface area contributed by atoms with Gasteiger partial charge in [-0.25, -0.2) is 0 Å². The quantitative estimate of drug-likeness (QED) is 0.729. The molecule has 1 amide bonds. The molecular formula is C21H31NO5. The largest absolute Gasteiger partial charge is 0.493 e.